The molecular formula is C19H18N2O5. The average molecular weight is 354 g/mol. The quantitative estimate of drug-likeness (QED) is 0.767. The third-order valence-corrected chi connectivity index (χ3v) is 3.35. The molecule has 0 unspecified atom stereocenters. The van der Waals surface area contributed by atoms with Crippen LogP contribution in [0.1, 0.15) is 11.1 Å². The Morgan fingerprint density at radius 3 is 2.62 bits per heavy atom. The van der Waals surface area contributed by atoms with Gasteiger partial charge in [-0.3, -0.25) is 4.79 Å². The van der Waals surface area contributed by atoms with Crippen molar-refractivity contribution >= 4 is 17.6 Å². The Kier molecular flexibility index (Phi) is 6.57. The van der Waals surface area contributed by atoms with Crippen molar-refractivity contribution in [1.29, 1.82) is 5.26 Å². The van der Waals surface area contributed by atoms with Crippen molar-refractivity contribution in [3.63, 3.8) is 0 Å². The Bertz CT molecular complexity index is 842. The largest absolute Gasteiger partial charge is 0.495 e. The lowest BCUT2D eigenvalue weighted by Gasteiger charge is -2.11. The van der Waals surface area contributed by atoms with Crippen LogP contribution >= 0.6 is 0 Å². The summed E-state index contributed by atoms with van der Waals surface area (Å²) in [5.74, 6) is -0.434. The summed E-state index contributed by atoms with van der Waals surface area (Å²) in [6.07, 6.45) is 0. The topological polar surface area (TPSA) is 97.7 Å². The van der Waals surface area contributed by atoms with Gasteiger partial charge in [0.25, 0.3) is 5.91 Å². The second-order valence-electron chi connectivity index (χ2n) is 5.31. The summed E-state index contributed by atoms with van der Waals surface area (Å²) < 4.78 is 15.3. The molecule has 1 N–H and O–H groups in total. The molecule has 0 bridgehead atoms. The second-order valence-corrected chi connectivity index (χ2v) is 5.31. The van der Waals surface area contributed by atoms with Crippen LogP contribution in [0, 0.1) is 18.3 Å². The first-order valence-corrected chi connectivity index (χ1v) is 7.75. The minimum atomic E-state index is -0.718. The summed E-state index contributed by atoms with van der Waals surface area (Å²) in [7, 11) is 1.50. The molecule has 0 fully saturated rings. The van der Waals surface area contributed by atoms with E-state index in [0.29, 0.717) is 17.0 Å². The van der Waals surface area contributed by atoms with Crippen molar-refractivity contribution < 1.29 is 23.8 Å². The van der Waals surface area contributed by atoms with E-state index in [2.05, 4.69) is 5.32 Å². The highest BCUT2D eigenvalue weighted by Gasteiger charge is 2.12. The van der Waals surface area contributed by atoms with E-state index < -0.39 is 25.1 Å². The molecule has 0 heterocycles. The molecule has 0 aliphatic rings. The maximum atomic E-state index is 11.9. The molecule has 0 atom stereocenters. The number of esters is 1. The number of nitriles is 1. The van der Waals surface area contributed by atoms with Gasteiger partial charge in [0.2, 0.25) is 0 Å². The highest BCUT2D eigenvalue weighted by Crippen LogP contribution is 2.25. The predicted octanol–water partition coefficient (Wildman–Crippen LogP) is 2.44. The van der Waals surface area contributed by atoms with Gasteiger partial charge >= 0.3 is 5.97 Å². The van der Waals surface area contributed by atoms with Crippen LogP contribution < -0.4 is 14.8 Å². The lowest BCUT2D eigenvalue weighted by atomic mass is 10.2. The minimum Gasteiger partial charge on any atom is -0.495 e. The number of nitrogens with zero attached hydrogens (tertiary/aromatic N) is 1. The number of carbonyl (C=O) groups is 2. The molecule has 0 spiro atoms. The van der Waals surface area contributed by atoms with Crippen molar-refractivity contribution in [3.05, 3.63) is 53.6 Å². The van der Waals surface area contributed by atoms with E-state index in [1.165, 1.54) is 7.11 Å². The van der Waals surface area contributed by atoms with Crippen LogP contribution in [0.25, 0.3) is 0 Å². The van der Waals surface area contributed by atoms with Crippen molar-refractivity contribution in [1.82, 2.24) is 0 Å². The van der Waals surface area contributed by atoms with Crippen LogP contribution in [0.5, 0.6) is 11.5 Å². The van der Waals surface area contributed by atoms with E-state index in [0.717, 1.165) is 5.56 Å². The number of anilines is 1. The number of rotatable bonds is 7. The predicted molar refractivity (Wildman–Crippen MR) is 94.0 cm³/mol. The molecule has 1 amide bonds. The van der Waals surface area contributed by atoms with E-state index in [9.17, 15) is 9.59 Å². The van der Waals surface area contributed by atoms with E-state index in [1.54, 1.807) is 36.4 Å². The van der Waals surface area contributed by atoms with Crippen molar-refractivity contribution in [2.24, 2.45) is 0 Å². The molecule has 0 radical (unpaired) electrons. The standard InChI is InChI=1S/C19H18N2O5/c1-13-7-8-17(24-2)15(9-13)21-18(22)11-26-19(23)12-25-16-6-4-3-5-14(16)10-20/h3-9H,11-12H2,1-2H3,(H,21,22). The SMILES string of the molecule is COc1ccc(C)cc1NC(=O)COC(=O)COc1ccccc1C#N. The Morgan fingerprint density at radius 1 is 1.12 bits per heavy atom. The number of benzene rings is 2. The van der Waals surface area contributed by atoms with E-state index >= 15 is 0 Å². The van der Waals surface area contributed by atoms with Gasteiger partial charge < -0.3 is 19.5 Å². The number of amides is 1. The molecule has 2 aromatic rings. The van der Waals surface area contributed by atoms with Crippen molar-refractivity contribution in [2.75, 3.05) is 25.6 Å². The van der Waals surface area contributed by atoms with Gasteiger partial charge in [-0.05, 0) is 36.8 Å². The summed E-state index contributed by atoms with van der Waals surface area (Å²) in [4.78, 5) is 23.7. The van der Waals surface area contributed by atoms with Crippen LogP contribution in [0.2, 0.25) is 0 Å². The van der Waals surface area contributed by atoms with Crippen LogP contribution in [0.15, 0.2) is 42.5 Å². The van der Waals surface area contributed by atoms with E-state index in [1.807, 2.05) is 19.1 Å². The Balaban J connectivity index is 1.83. The Hall–Kier alpha value is -3.53. The van der Waals surface area contributed by atoms with Crippen LogP contribution in [-0.4, -0.2) is 32.2 Å². The molecule has 134 valence electrons. The lowest BCUT2D eigenvalue weighted by molar-refractivity contribution is -0.149. The zero-order chi connectivity index (χ0) is 18.9. The van der Waals surface area contributed by atoms with Gasteiger partial charge in [0, 0.05) is 0 Å². The fraction of sp³-hybridized carbons (Fsp3) is 0.211. The summed E-state index contributed by atoms with van der Waals surface area (Å²) in [5.41, 5.74) is 1.75. The van der Waals surface area contributed by atoms with Gasteiger partial charge in [-0.25, -0.2) is 4.79 Å². The first-order chi connectivity index (χ1) is 12.5. The molecule has 0 aliphatic carbocycles. The number of hydrogen-bond acceptors (Lipinski definition) is 6. The zero-order valence-electron chi connectivity index (χ0n) is 14.4. The van der Waals surface area contributed by atoms with Crippen LogP contribution in [0.4, 0.5) is 5.69 Å². The van der Waals surface area contributed by atoms with Gasteiger partial charge in [-0.2, -0.15) is 5.26 Å². The van der Waals surface area contributed by atoms with Gasteiger partial charge in [0.15, 0.2) is 13.2 Å². The summed E-state index contributed by atoms with van der Waals surface area (Å²) >= 11 is 0. The van der Waals surface area contributed by atoms with Gasteiger partial charge in [-0.15, -0.1) is 0 Å². The minimum absolute atomic E-state index is 0.279. The fourth-order valence-electron chi connectivity index (χ4n) is 2.12. The van der Waals surface area contributed by atoms with Crippen molar-refractivity contribution in [2.45, 2.75) is 6.92 Å². The van der Waals surface area contributed by atoms with Gasteiger partial charge in [-0.1, -0.05) is 18.2 Å². The summed E-state index contributed by atoms with van der Waals surface area (Å²) in [5, 5.41) is 11.6. The molecule has 0 aliphatic heterocycles. The number of ether oxygens (including phenoxy) is 3. The highest BCUT2D eigenvalue weighted by molar-refractivity contribution is 5.94. The first-order valence-electron chi connectivity index (χ1n) is 7.75. The molecule has 2 aromatic carbocycles. The average Bonchev–Trinajstić information content (AvgIpc) is 2.65. The number of methoxy groups -OCH3 is 1. The molecule has 0 saturated carbocycles. The van der Waals surface area contributed by atoms with Crippen LogP contribution in [0.3, 0.4) is 0 Å². The monoisotopic (exact) mass is 354 g/mol. The van der Waals surface area contributed by atoms with Crippen LogP contribution in [-0.2, 0) is 14.3 Å². The Morgan fingerprint density at radius 2 is 1.88 bits per heavy atom. The molecule has 0 aromatic heterocycles. The first kappa shape index (κ1) is 18.8. The maximum Gasteiger partial charge on any atom is 0.344 e. The third-order valence-electron chi connectivity index (χ3n) is 3.35. The highest BCUT2D eigenvalue weighted by atomic mass is 16.6. The fourth-order valence-corrected chi connectivity index (χ4v) is 2.12. The van der Waals surface area contributed by atoms with Gasteiger partial charge in [0.1, 0.15) is 17.6 Å². The smallest absolute Gasteiger partial charge is 0.344 e. The van der Waals surface area contributed by atoms with E-state index in [-0.39, 0.29) is 5.75 Å². The summed E-state index contributed by atoms with van der Waals surface area (Å²) in [6.45, 7) is 1.02. The van der Waals surface area contributed by atoms with Gasteiger partial charge in [0.05, 0.1) is 18.4 Å². The molecule has 26 heavy (non-hydrogen) atoms. The maximum absolute atomic E-state index is 11.9. The Labute approximate surface area is 151 Å². The number of carbonyl (C=O) groups excluding carboxylic acids is 2. The molecular weight excluding hydrogens is 336 g/mol. The molecule has 0 saturated heterocycles. The molecule has 7 nitrogen and oxygen atoms in total. The zero-order valence-corrected chi connectivity index (χ0v) is 14.4. The summed E-state index contributed by atoms with van der Waals surface area (Å²) in [6, 6.07) is 13.8. The normalized spacial score (nSPS) is 9.73. The second kappa shape index (κ2) is 9.08. The lowest BCUT2D eigenvalue weighted by Crippen LogP contribution is -2.24. The van der Waals surface area contributed by atoms with E-state index in [4.69, 9.17) is 19.5 Å². The van der Waals surface area contributed by atoms with Crippen molar-refractivity contribution in [3.8, 4) is 17.6 Å². The number of nitrogens with one attached hydrogen (secondary N) is 1. The molecule has 7 heteroatoms. The molecule has 2 rings (SSSR count). The third kappa shape index (κ3) is 5.24. The number of aryl methyl sites for hydroxylation is 1. The number of para-hydroxylation sites is 1. The number of hydrogen-bond donors (Lipinski definition) is 1.